The van der Waals surface area contributed by atoms with Crippen molar-refractivity contribution in [2.75, 3.05) is 26.7 Å². The molecule has 0 bridgehead atoms. The van der Waals surface area contributed by atoms with Gasteiger partial charge in [-0.1, -0.05) is 24.3 Å². The van der Waals surface area contributed by atoms with E-state index in [9.17, 15) is 0 Å². The van der Waals surface area contributed by atoms with Gasteiger partial charge in [-0.05, 0) is 90.2 Å². The lowest BCUT2D eigenvalue weighted by Gasteiger charge is -2.39. The minimum absolute atomic E-state index is 0.265. The second-order valence-electron chi connectivity index (χ2n) is 8.23. The van der Waals surface area contributed by atoms with E-state index in [0.29, 0.717) is 6.04 Å². The summed E-state index contributed by atoms with van der Waals surface area (Å²) in [4.78, 5) is 5.19. The molecule has 1 aromatic carbocycles. The van der Waals surface area contributed by atoms with Crippen molar-refractivity contribution >= 4 is 0 Å². The quantitative estimate of drug-likeness (QED) is 0.797. The second kappa shape index (κ2) is 6.33. The van der Waals surface area contributed by atoms with Gasteiger partial charge in [-0.15, -0.1) is 0 Å². The highest BCUT2D eigenvalue weighted by Gasteiger charge is 2.35. The standard InChI is InChI=1S/C20H32N2/c1-20(2,3)22-13-7-10-19(22)18-9-6-5-8-17(18)16-11-14-21(4)15-12-16/h5-6,8-9,16,19H,7,10-15H2,1-4H3/t19-/m0/s1. The van der Waals surface area contributed by atoms with E-state index in [4.69, 9.17) is 0 Å². The molecule has 0 saturated carbocycles. The minimum atomic E-state index is 0.265. The number of likely N-dealkylation sites (tertiary alicyclic amines) is 2. The van der Waals surface area contributed by atoms with E-state index in [2.05, 4.69) is 61.9 Å². The topological polar surface area (TPSA) is 6.48 Å². The summed E-state index contributed by atoms with van der Waals surface area (Å²) >= 11 is 0. The van der Waals surface area contributed by atoms with Crippen LogP contribution in [-0.4, -0.2) is 42.0 Å². The van der Waals surface area contributed by atoms with Crippen LogP contribution in [0.3, 0.4) is 0 Å². The average molecular weight is 300 g/mol. The molecule has 2 nitrogen and oxygen atoms in total. The Kier molecular flexibility index (Phi) is 4.61. The fraction of sp³-hybridized carbons (Fsp3) is 0.700. The van der Waals surface area contributed by atoms with Crippen LogP contribution in [0.15, 0.2) is 24.3 Å². The van der Waals surface area contributed by atoms with Gasteiger partial charge in [0.25, 0.3) is 0 Å². The zero-order chi connectivity index (χ0) is 15.7. The smallest absolute Gasteiger partial charge is 0.0356 e. The number of piperidine rings is 1. The van der Waals surface area contributed by atoms with Crippen LogP contribution in [0, 0.1) is 0 Å². The van der Waals surface area contributed by atoms with Gasteiger partial charge in [0, 0.05) is 11.6 Å². The first kappa shape index (κ1) is 16.0. The van der Waals surface area contributed by atoms with Crippen molar-refractivity contribution in [2.45, 2.75) is 64.0 Å². The van der Waals surface area contributed by atoms with Gasteiger partial charge in [0.15, 0.2) is 0 Å². The first-order chi connectivity index (χ1) is 10.5. The van der Waals surface area contributed by atoms with Crippen LogP contribution in [0.25, 0.3) is 0 Å². The zero-order valence-electron chi connectivity index (χ0n) is 14.8. The predicted octanol–water partition coefficient (Wildman–Crippen LogP) is 4.43. The summed E-state index contributed by atoms with van der Waals surface area (Å²) in [5.74, 6) is 0.759. The fourth-order valence-electron chi connectivity index (χ4n) is 4.40. The molecule has 0 radical (unpaired) electrons. The van der Waals surface area contributed by atoms with Crippen LogP contribution in [0.5, 0.6) is 0 Å². The van der Waals surface area contributed by atoms with Gasteiger partial charge in [0.05, 0.1) is 0 Å². The van der Waals surface area contributed by atoms with Gasteiger partial charge in [0.1, 0.15) is 0 Å². The monoisotopic (exact) mass is 300 g/mol. The molecule has 22 heavy (non-hydrogen) atoms. The van der Waals surface area contributed by atoms with E-state index in [1.807, 2.05) is 0 Å². The Labute approximate surface area is 136 Å². The molecule has 2 aliphatic heterocycles. The third-order valence-electron chi connectivity index (χ3n) is 5.63. The maximum Gasteiger partial charge on any atom is 0.0356 e. The molecule has 2 heterocycles. The predicted molar refractivity (Wildman–Crippen MR) is 94.3 cm³/mol. The molecular formula is C20H32N2. The maximum absolute atomic E-state index is 2.72. The van der Waals surface area contributed by atoms with Crippen molar-refractivity contribution in [1.82, 2.24) is 9.80 Å². The normalized spacial score (nSPS) is 25.7. The number of benzene rings is 1. The second-order valence-corrected chi connectivity index (χ2v) is 8.23. The van der Waals surface area contributed by atoms with Crippen LogP contribution in [-0.2, 0) is 0 Å². The van der Waals surface area contributed by atoms with Gasteiger partial charge < -0.3 is 4.90 Å². The number of rotatable bonds is 2. The molecule has 3 rings (SSSR count). The first-order valence-corrected chi connectivity index (χ1v) is 9.01. The van der Waals surface area contributed by atoms with Crippen LogP contribution < -0.4 is 0 Å². The molecular weight excluding hydrogens is 268 g/mol. The summed E-state index contributed by atoms with van der Waals surface area (Å²) in [6.07, 6.45) is 5.29. The van der Waals surface area contributed by atoms with Gasteiger partial charge >= 0.3 is 0 Å². The summed E-state index contributed by atoms with van der Waals surface area (Å²) in [5, 5.41) is 0. The van der Waals surface area contributed by atoms with E-state index >= 15 is 0 Å². The third-order valence-corrected chi connectivity index (χ3v) is 5.63. The number of nitrogens with zero attached hydrogens (tertiary/aromatic N) is 2. The van der Waals surface area contributed by atoms with Crippen molar-refractivity contribution in [1.29, 1.82) is 0 Å². The van der Waals surface area contributed by atoms with Crippen molar-refractivity contribution < 1.29 is 0 Å². The van der Waals surface area contributed by atoms with E-state index in [-0.39, 0.29) is 5.54 Å². The van der Waals surface area contributed by atoms with E-state index in [1.165, 1.54) is 45.3 Å². The summed E-state index contributed by atoms with van der Waals surface area (Å²) in [6, 6.07) is 9.92. The molecule has 2 aliphatic rings. The van der Waals surface area contributed by atoms with Crippen LogP contribution in [0.1, 0.15) is 69.5 Å². The molecule has 2 fully saturated rings. The van der Waals surface area contributed by atoms with Crippen LogP contribution in [0.4, 0.5) is 0 Å². The number of hydrogen-bond acceptors (Lipinski definition) is 2. The van der Waals surface area contributed by atoms with Crippen LogP contribution >= 0.6 is 0 Å². The number of hydrogen-bond donors (Lipinski definition) is 0. The summed E-state index contributed by atoms with van der Waals surface area (Å²) in [7, 11) is 2.25. The Bertz CT molecular complexity index is 495. The molecule has 0 amide bonds. The largest absolute Gasteiger partial charge is 0.306 e. The van der Waals surface area contributed by atoms with Gasteiger partial charge in [-0.3, -0.25) is 4.90 Å². The summed E-state index contributed by atoms with van der Waals surface area (Å²) < 4.78 is 0. The third kappa shape index (κ3) is 3.23. The Morgan fingerprint density at radius 3 is 2.18 bits per heavy atom. The lowest BCUT2D eigenvalue weighted by atomic mass is 9.83. The highest BCUT2D eigenvalue weighted by Crippen LogP contribution is 2.41. The molecule has 0 N–H and O–H groups in total. The summed E-state index contributed by atoms with van der Waals surface area (Å²) in [6.45, 7) is 10.8. The molecule has 122 valence electrons. The zero-order valence-corrected chi connectivity index (χ0v) is 14.8. The molecule has 0 unspecified atom stereocenters. The van der Waals surface area contributed by atoms with Crippen molar-refractivity contribution in [2.24, 2.45) is 0 Å². The minimum Gasteiger partial charge on any atom is -0.306 e. The van der Waals surface area contributed by atoms with E-state index in [0.717, 1.165) is 5.92 Å². The highest BCUT2D eigenvalue weighted by molar-refractivity contribution is 5.34. The van der Waals surface area contributed by atoms with E-state index in [1.54, 1.807) is 11.1 Å². The van der Waals surface area contributed by atoms with Crippen LogP contribution in [0.2, 0.25) is 0 Å². The van der Waals surface area contributed by atoms with Gasteiger partial charge in [-0.2, -0.15) is 0 Å². The van der Waals surface area contributed by atoms with Crippen molar-refractivity contribution in [3.8, 4) is 0 Å². The van der Waals surface area contributed by atoms with Crippen molar-refractivity contribution in [3.63, 3.8) is 0 Å². The molecule has 1 aromatic rings. The van der Waals surface area contributed by atoms with Gasteiger partial charge in [-0.25, -0.2) is 0 Å². The molecule has 0 aliphatic carbocycles. The Morgan fingerprint density at radius 2 is 1.55 bits per heavy atom. The fourth-order valence-corrected chi connectivity index (χ4v) is 4.40. The molecule has 0 spiro atoms. The SMILES string of the molecule is CN1CCC(c2ccccc2[C@@H]2CCCN2C(C)(C)C)CC1. The van der Waals surface area contributed by atoms with E-state index < -0.39 is 0 Å². The maximum atomic E-state index is 2.72. The molecule has 0 aromatic heterocycles. The Balaban J connectivity index is 1.88. The molecule has 2 saturated heterocycles. The summed E-state index contributed by atoms with van der Waals surface area (Å²) in [5.41, 5.74) is 3.52. The van der Waals surface area contributed by atoms with Gasteiger partial charge in [0.2, 0.25) is 0 Å². The lowest BCUT2D eigenvalue weighted by molar-refractivity contribution is 0.120. The Morgan fingerprint density at radius 1 is 0.909 bits per heavy atom. The lowest BCUT2D eigenvalue weighted by Crippen LogP contribution is -2.41. The average Bonchev–Trinajstić information content (AvgIpc) is 2.97. The molecule has 2 heteroatoms. The molecule has 1 atom stereocenters. The Hall–Kier alpha value is -0.860. The first-order valence-electron chi connectivity index (χ1n) is 9.01. The highest BCUT2D eigenvalue weighted by atomic mass is 15.2. The van der Waals surface area contributed by atoms with Crippen molar-refractivity contribution in [3.05, 3.63) is 35.4 Å².